The van der Waals surface area contributed by atoms with Crippen LogP contribution >= 0.6 is 0 Å². The maximum absolute atomic E-state index is 12.8. The fourth-order valence-electron chi connectivity index (χ4n) is 4.25. The van der Waals surface area contributed by atoms with Gasteiger partial charge < -0.3 is 20.1 Å². The second kappa shape index (κ2) is 9.22. The number of rotatable bonds is 6. The molecule has 2 N–H and O–H groups in total. The van der Waals surface area contributed by atoms with Gasteiger partial charge in [0.1, 0.15) is 5.75 Å². The smallest absolute Gasteiger partial charge is 0.338 e. The fraction of sp³-hybridized carbons (Fsp3) is 0.333. The Kier molecular flexibility index (Phi) is 6.23. The highest BCUT2D eigenvalue weighted by atomic mass is 16.5. The molecule has 0 spiro atoms. The number of nitrogens with zero attached hydrogens (tertiary/aromatic N) is 1. The predicted octanol–water partition coefficient (Wildman–Crippen LogP) is 2.92. The summed E-state index contributed by atoms with van der Waals surface area (Å²) in [5, 5.41) is 5.72. The zero-order chi connectivity index (χ0) is 21.8. The average molecular weight is 421 g/mol. The standard InChI is InChI=1S/C24H27N3O4/c1-3-31-20-11-7-6-10-18(20)22-21(23(28)30-2)19(25-24(29)26-22)15-27-13-12-16-8-4-5-9-17(16)14-27/h4-11,22H,3,12-15H2,1-2H3,(H2,25,26,29). The lowest BCUT2D eigenvalue weighted by molar-refractivity contribution is -0.136. The van der Waals surface area contributed by atoms with Crippen LogP contribution in [0.1, 0.15) is 29.7 Å². The SMILES string of the molecule is CCOc1ccccc1C1NC(=O)NC(CN2CCc3ccccc3C2)=C1C(=O)OC. The number of amides is 2. The molecule has 0 saturated heterocycles. The molecule has 0 bridgehead atoms. The van der Waals surface area contributed by atoms with Gasteiger partial charge in [0.25, 0.3) is 0 Å². The topological polar surface area (TPSA) is 79.9 Å². The molecule has 4 rings (SSSR count). The van der Waals surface area contributed by atoms with E-state index in [9.17, 15) is 9.59 Å². The number of urea groups is 1. The molecule has 0 saturated carbocycles. The molecule has 2 amide bonds. The van der Waals surface area contributed by atoms with Crippen molar-refractivity contribution in [2.45, 2.75) is 25.9 Å². The first-order valence-electron chi connectivity index (χ1n) is 10.5. The van der Waals surface area contributed by atoms with Crippen molar-refractivity contribution in [2.24, 2.45) is 0 Å². The molecule has 7 nitrogen and oxygen atoms in total. The molecule has 0 fully saturated rings. The maximum atomic E-state index is 12.8. The van der Waals surface area contributed by atoms with Crippen LogP contribution in [0.25, 0.3) is 0 Å². The van der Waals surface area contributed by atoms with Gasteiger partial charge in [-0.25, -0.2) is 9.59 Å². The maximum Gasteiger partial charge on any atom is 0.338 e. The molecule has 1 unspecified atom stereocenters. The zero-order valence-electron chi connectivity index (χ0n) is 17.8. The molecule has 2 aromatic carbocycles. The Morgan fingerprint density at radius 2 is 1.87 bits per heavy atom. The van der Waals surface area contributed by atoms with Crippen LogP contribution in [0.3, 0.4) is 0 Å². The van der Waals surface area contributed by atoms with E-state index in [1.54, 1.807) is 0 Å². The van der Waals surface area contributed by atoms with Crippen LogP contribution in [0, 0.1) is 0 Å². The van der Waals surface area contributed by atoms with Crippen LogP contribution in [-0.2, 0) is 22.5 Å². The van der Waals surface area contributed by atoms with Gasteiger partial charge in [-0.05, 0) is 30.5 Å². The Morgan fingerprint density at radius 1 is 1.13 bits per heavy atom. The highest BCUT2D eigenvalue weighted by molar-refractivity contribution is 5.95. The number of hydrogen-bond acceptors (Lipinski definition) is 5. The lowest BCUT2D eigenvalue weighted by Gasteiger charge is -2.34. The van der Waals surface area contributed by atoms with Crippen molar-refractivity contribution >= 4 is 12.0 Å². The van der Waals surface area contributed by atoms with Gasteiger partial charge in [0.15, 0.2) is 0 Å². The highest BCUT2D eigenvalue weighted by Crippen LogP contribution is 2.34. The summed E-state index contributed by atoms with van der Waals surface area (Å²) in [6, 6.07) is 14.8. The first-order valence-corrected chi connectivity index (χ1v) is 10.5. The fourth-order valence-corrected chi connectivity index (χ4v) is 4.25. The van der Waals surface area contributed by atoms with E-state index in [-0.39, 0.29) is 6.03 Å². The van der Waals surface area contributed by atoms with E-state index in [0.29, 0.717) is 30.2 Å². The van der Waals surface area contributed by atoms with Crippen molar-refractivity contribution in [3.8, 4) is 5.75 Å². The van der Waals surface area contributed by atoms with Crippen molar-refractivity contribution in [1.29, 1.82) is 0 Å². The lowest BCUT2D eigenvalue weighted by Crippen LogP contribution is -2.49. The van der Waals surface area contributed by atoms with E-state index in [0.717, 1.165) is 25.1 Å². The molecule has 2 heterocycles. The summed E-state index contributed by atoms with van der Waals surface area (Å²) >= 11 is 0. The molecule has 7 heteroatoms. The number of carbonyl (C=O) groups is 2. The van der Waals surface area contributed by atoms with Crippen molar-refractivity contribution in [3.63, 3.8) is 0 Å². The van der Waals surface area contributed by atoms with Crippen LogP contribution in [-0.4, -0.2) is 43.7 Å². The van der Waals surface area contributed by atoms with Gasteiger partial charge in [0, 0.05) is 30.9 Å². The summed E-state index contributed by atoms with van der Waals surface area (Å²) in [6.07, 6.45) is 0.930. The van der Waals surface area contributed by atoms with Crippen LogP contribution in [0.15, 0.2) is 59.8 Å². The van der Waals surface area contributed by atoms with Gasteiger partial charge in [0.05, 0.1) is 25.3 Å². The molecule has 0 aromatic heterocycles. The highest BCUT2D eigenvalue weighted by Gasteiger charge is 2.35. The quantitative estimate of drug-likeness (QED) is 0.701. The molecule has 2 aromatic rings. The minimum atomic E-state index is -0.656. The monoisotopic (exact) mass is 421 g/mol. The number of carbonyl (C=O) groups excluding carboxylic acids is 2. The van der Waals surface area contributed by atoms with Gasteiger partial charge in [-0.2, -0.15) is 0 Å². The van der Waals surface area contributed by atoms with Crippen LogP contribution in [0.2, 0.25) is 0 Å². The number of ether oxygens (including phenoxy) is 2. The Labute approximate surface area is 182 Å². The van der Waals surface area contributed by atoms with E-state index >= 15 is 0 Å². The number of methoxy groups -OCH3 is 1. The Morgan fingerprint density at radius 3 is 2.65 bits per heavy atom. The van der Waals surface area contributed by atoms with Crippen LogP contribution < -0.4 is 15.4 Å². The van der Waals surface area contributed by atoms with E-state index in [1.165, 1.54) is 18.2 Å². The number of esters is 1. The molecule has 0 radical (unpaired) electrons. The lowest BCUT2D eigenvalue weighted by atomic mass is 9.93. The van der Waals surface area contributed by atoms with Crippen molar-refractivity contribution < 1.29 is 19.1 Å². The summed E-state index contributed by atoms with van der Waals surface area (Å²) < 4.78 is 10.9. The Hall–Kier alpha value is -3.32. The largest absolute Gasteiger partial charge is 0.494 e. The summed E-state index contributed by atoms with van der Waals surface area (Å²) in [7, 11) is 1.35. The number of fused-ring (bicyclic) bond motifs is 1. The molecule has 2 aliphatic heterocycles. The predicted molar refractivity (Wildman–Crippen MR) is 116 cm³/mol. The van der Waals surface area contributed by atoms with E-state index in [1.807, 2.05) is 37.3 Å². The third-order valence-electron chi connectivity index (χ3n) is 5.68. The van der Waals surface area contributed by atoms with Gasteiger partial charge >= 0.3 is 12.0 Å². The molecule has 31 heavy (non-hydrogen) atoms. The second-order valence-electron chi connectivity index (χ2n) is 7.62. The van der Waals surface area contributed by atoms with E-state index in [2.05, 4.69) is 33.7 Å². The molecule has 1 atom stereocenters. The number of para-hydroxylation sites is 1. The summed E-state index contributed by atoms with van der Waals surface area (Å²) in [5.74, 6) is 0.154. The third kappa shape index (κ3) is 4.41. The van der Waals surface area contributed by atoms with E-state index in [4.69, 9.17) is 9.47 Å². The molecular weight excluding hydrogens is 394 g/mol. The Balaban J connectivity index is 1.70. The summed E-state index contributed by atoms with van der Waals surface area (Å²) in [5.41, 5.74) is 4.30. The van der Waals surface area contributed by atoms with E-state index < -0.39 is 12.0 Å². The molecule has 2 aliphatic rings. The normalized spacial score (nSPS) is 18.6. The minimum Gasteiger partial charge on any atom is -0.494 e. The number of benzene rings is 2. The molecule has 0 aliphatic carbocycles. The average Bonchev–Trinajstić information content (AvgIpc) is 2.79. The first-order chi connectivity index (χ1) is 15.1. The van der Waals surface area contributed by atoms with Crippen molar-refractivity contribution in [1.82, 2.24) is 15.5 Å². The number of hydrogen-bond donors (Lipinski definition) is 2. The summed E-state index contributed by atoms with van der Waals surface area (Å²) in [6.45, 7) is 4.43. The number of nitrogens with one attached hydrogen (secondary N) is 2. The van der Waals surface area contributed by atoms with Crippen LogP contribution in [0.5, 0.6) is 5.75 Å². The van der Waals surface area contributed by atoms with Crippen molar-refractivity contribution in [3.05, 3.63) is 76.5 Å². The summed E-state index contributed by atoms with van der Waals surface area (Å²) in [4.78, 5) is 27.6. The Bertz CT molecular complexity index is 1020. The minimum absolute atomic E-state index is 0.351. The third-order valence-corrected chi connectivity index (χ3v) is 5.68. The first kappa shape index (κ1) is 20.9. The van der Waals surface area contributed by atoms with Gasteiger partial charge in [-0.15, -0.1) is 0 Å². The van der Waals surface area contributed by atoms with Gasteiger partial charge in [-0.3, -0.25) is 4.90 Å². The van der Waals surface area contributed by atoms with Gasteiger partial charge in [-0.1, -0.05) is 42.5 Å². The molecule has 162 valence electrons. The van der Waals surface area contributed by atoms with Crippen LogP contribution in [0.4, 0.5) is 4.79 Å². The van der Waals surface area contributed by atoms with Crippen molar-refractivity contribution in [2.75, 3.05) is 26.8 Å². The zero-order valence-corrected chi connectivity index (χ0v) is 17.8. The second-order valence-corrected chi connectivity index (χ2v) is 7.62. The molecular formula is C24H27N3O4. The van der Waals surface area contributed by atoms with Gasteiger partial charge in [0.2, 0.25) is 0 Å².